The number of benzene rings is 2. The van der Waals surface area contributed by atoms with E-state index in [1.807, 2.05) is 54.6 Å². The maximum atomic E-state index is 12.3. The molecule has 8 heteroatoms. The van der Waals surface area contributed by atoms with Crippen LogP contribution >= 0.6 is 12.4 Å². The topological polar surface area (TPSA) is 91.7 Å². The van der Waals surface area contributed by atoms with E-state index in [9.17, 15) is 4.79 Å². The van der Waals surface area contributed by atoms with Crippen LogP contribution in [0.2, 0.25) is 0 Å². The third-order valence-corrected chi connectivity index (χ3v) is 3.99. The Morgan fingerprint density at radius 2 is 1.83 bits per heavy atom. The van der Waals surface area contributed by atoms with E-state index >= 15 is 0 Å². The minimum atomic E-state index is -0.541. The Bertz CT molecular complexity index is 969. The lowest BCUT2D eigenvalue weighted by Gasteiger charge is -2.03. The fraction of sp³-hybridized carbons (Fsp3) is 0.190. The zero-order valence-electron chi connectivity index (χ0n) is 16.2. The summed E-state index contributed by atoms with van der Waals surface area (Å²) in [5.74, 6) is 0.568. The van der Waals surface area contributed by atoms with Crippen LogP contribution in [0.1, 0.15) is 23.0 Å². The normalized spacial score (nSPS) is 10.9. The van der Waals surface area contributed by atoms with Crippen molar-refractivity contribution >= 4 is 29.9 Å². The highest BCUT2D eigenvalue weighted by molar-refractivity contribution is 5.95. The highest BCUT2D eigenvalue weighted by Gasteiger charge is 2.19. The van der Waals surface area contributed by atoms with Crippen LogP contribution in [-0.2, 0) is 11.2 Å². The molecule has 0 aliphatic rings. The quantitative estimate of drug-likeness (QED) is 0.361. The molecule has 0 fully saturated rings. The van der Waals surface area contributed by atoms with Gasteiger partial charge in [-0.1, -0.05) is 30.3 Å². The second-order valence-corrected chi connectivity index (χ2v) is 5.99. The van der Waals surface area contributed by atoms with Gasteiger partial charge in [-0.15, -0.1) is 12.4 Å². The van der Waals surface area contributed by atoms with Crippen molar-refractivity contribution in [1.29, 1.82) is 0 Å². The Morgan fingerprint density at radius 1 is 1.14 bits per heavy atom. The first-order valence-electron chi connectivity index (χ1n) is 8.89. The molecule has 0 unspecified atom stereocenters. The number of methoxy groups -OCH3 is 1. The van der Waals surface area contributed by atoms with Gasteiger partial charge in [0.05, 0.1) is 25.6 Å². The lowest BCUT2D eigenvalue weighted by atomic mass is 10.1. The highest BCUT2D eigenvalue weighted by atomic mass is 35.5. The van der Waals surface area contributed by atoms with Crippen molar-refractivity contribution in [3.63, 3.8) is 0 Å². The van der Waals surface area contributed by atoms with Crippen molar-refractivity contribution in [3.05, 3.63) is 72.1 Å². The summed E-state index contributed by atoms with van der Waals surface area (Å²) >= 11 is 0. The monoisotopic (exact) mass is 414 g/mol. The summed E-state index contributed by atoms with van der Waals surface area (Å²) in [7, 11) is 1.60. The number of carbonyl (C=O) groups excluding carboxylic acids is 1. The largest absolute Gasteiger partial charge is 0.497 e. The zero-order valence-corrected chi connectivity index (χ0v) is 17.1. The van der Waals surface area contributed by atoms with Crippen LogP contribution in [0.25, 0.3) is 5.69 Å². The molecule has 0 saturated carbocycles. The third-order valence-electron chi connectivity index (χ3n) is 3.99. The van der Waals surface area contributed by atoms with E-state index in [1.165, 1.54) is 0 Å². The van der Waals surface area contributed by atoms with Gasteiger partial charge in [0.2, 0.25) is 0 Å². The summed E-state index contributed by atoms with van der Waals surface area (Å²) in [6, 6.07) is 17.0. The molecule has 29 heavy (non-hydrogen) atoms. The van der Waals surface area contributed by atoms with Crippen molar-refractivity contribution in [1.82, 2.24) is 9.78 Å². The smallest absolute Gasteiger partial charge is 0.361 e. The number of hydrogen-bond donors (Lipinski definition) is 1. The van der Waals surface area contributed by atoms with Gasteiger partial charge in [0.1, 0.15) is 17.3 Å². The molecule has 0 saturated heterocycles. The van der Waals surface area contributed by atoms with Gasteiger partial charge < -0.3 is 15.2 Å². The molecule has 2 N–H and O–H groups in total. The van der Waals surface area contributed by atoms with Crippen LogP contribution in [-0.4, -0.2) is 35.3 Å². The standard InChI is InChI=1S/C21H22N4O3.ClH/c1-3-28-21(26)20-18(23-19(22)13-15-7-5-4-6-8-15)14-25(24-20)16-9-11-17(27-2)12-10-16;/h4-12,14H,3,13H2,1-2H3,(H2,22,23);1H. The number of esters is 1. The lowest BCUT2D eigenvalue weighted by Crippen LogP contribution is -2.15. The van der Waals surface area contributed by atoms with Gasteiger partial charge in [0.25, 0.3) is 0 Å². The van der Waals surface area contributed by atoms with E-state index in [2.05, 4.69) is 10.1 Å². The predicted molar refractivity (Wildman–Crippen MR) is 115 cm³/mol. The van der Waals surface area contributed by atoms with Crippen LogP contribution in [0.4, 0.5) is 5.69 Å². The molecule has 0 spiro atoms. The number of aliphatic imine (C=N–C) groups is 1. The summed E-state index contributed by atoms with van der Waals surface area (Å²) in [5.41, 5.74) is 8.38. The maximum absolute atomic E-state index is 12.3. The average molecular weight is 415 g/mol. The second-order valence-electron chi connectivity index (χ2n) is 5.99. The molecular formula is C21H23ClN4O3. The van der Waals surface area contributed by atoms with Gasteiger partial charge in [-0.3, -0.25) is 0 Å². The molecule has 152 valence electrons. The Labute approximate surface area is 175 Å². The number of hydrogen-bond acceptors (Lipinski definition) is 5. The number of amidine groups is 1. The van der Waals surface area contributed by atoms with Crippen LogP contribution in [0.3, 0.4) is 0 Å². The summed E-state index contributed by atoms with van der Waals surface area (Å²) < 4.78 is 11.9. The number of nitrogens with zero attached hydrogens (tertiary/aromatic N) is 3. The van der Waals surface area contributed by atoms with Gasteiger partial charge in [0.15, 0.2) is 5.69 Å². The van der Waals surface area contributed by atoms with Gasteiger partial charge >= 0.3 is 5.97 Å². The van der Waals surface area contributed by atoms with E-state index < -0.39 is 5.97 Å². The summed E-state index contributed by atoms with van der Waals surface area (Å²) in [6.45, 7) is 1.99. The average Bonchev–Trinajstić information content (AvgIpc) is 3.12. The van der Waals surface area contributed by atoms with E-state index in [-0.39, 0.29) is 24.7 Å². The molecule has 0 atom stereocenters. The zero-order chi connectivity index (χ0) is 19.9. The van der Waals surface area contributed by atoms with Crippen molar-refractivity contribution in [3.8, 4) is 11.4 Å². The maximum Gasteiger partial charge on any atom is 0.361 e. The second kappa shape index (κ2) is 10.3. The van der Waals surface area contributed by atoms with Crippen molar-refractivity contribution in [2.24, 2.45) is 10.7 Å². The van der Waals surface area contributed by atoms with E-state index in [0.717, 1.165) is 17.0 Å². The Morgan fingerprint density at radius 3 is 2.45 bits per heavy atom. The molecule has 0 aliphatic heterocycles. The Kier molecular flexibility index (Phi) is 7.79. The number of rotatable bonds is 7. The first-order valence-corrected chi connectivity index (χ1v) is 8.89. The Hall–Kier alpha value is -3.32. The lowest BCUT2D eigenvalue weighted by molar-refractivity contribution is 0.0520. The molecule has 3 rings (SSSR count). The van der Waals surface area contributed by atoms with Crippen LogP contribution in [0.5, 0.6) is 5.75 Å². The van der Waals surface area contributed by atoms with Gasteiger partial charge in [-0.25, -0.2) is 14.5 Å². The molecule has 1 heterocycles. The SMILES string of the molecule is CCOC(=O)c1nn(-c2ccc(OC)cc2)cc1N=C(N)Cc1ccccc1.Cl. The number of aromatic nitrogens is 2. The van der Waals surface area contributed by atoms with Gasteiger partial charge in [-0.2, -0.15) is 5.10 Å². The first kappa shape index (κ1) is 22.0. The molecular weight excluding hydrogens is 392 g/mol. The molecule has 7 nitrogen and oxygen atoms in total. The predicted octanol–water partition coefficient (Wildman–Crippen LogP) is 3.71. The van der Waals surface area contributed by atoms with E-state index in [1.54, 1.807) is 24.9 Å². The molecule has 1 aromatic heterocycles. The van der Waals surface area contributed by atoms with E-state index in [0.29, 0.717) is 17.9 Å². The molecule has 0 aliphatic carbocycles. The van der Waals surface area contributed by atoms with Crippen molar-refractivity contribution < 1.29 is 14.3 Å². The molecule has 2 aromatic carbocycles. The number of nitrogens with two attached hydrogens (primary N) is 1. The fourth-order valence-electron chi connectivity index (χ4n) is 2.66. The minimum Gasteiger partial charge on any atom is -0.497 e. The van der Waals surface area contributed by atoms with Crippen molar-refractivity contribution in [2.45, 2.75) is 13.3 Å². The van der Waals surface area contributed by atoms with Crippen molar-refractivity contribution in [2.75, 3.05) is 13.7 Å². The molecule has 3 aromatic rings. The summed E-state index contributed by atoms with van der Waals surface area (Å²) in [6.07, 6.45) is 2.13. The Balaban J connectivity index is 0.00000300. The van der Waals surface area contributed by atoms with Crippen LogP contribution < -0.4 is 10.5 Å². The van der Waals surface area contributed by atoms with Crippen LogP contribution in [0, 0.1) is 0 Å². The number of halogens is 1. The highest BCUT2D eigenvalue weighted by Crippen LogP contribution is 2.23. The number of ether oxygens (including phenoxy) is 2. The molecule has 0 bridgehead atoms. The third kappa shape index (κ3) is 5.58. The van der Waals surface area contributed by atoms with E-state index in [4.69, 9.17) is 15.2 Å². The molecule has 0 radical (unpaired) electrons. The summed E-state index contributed by atoms with van der Waals surface area (Å²) in [5, 5.41) is 4.35. The van der Waals surface area contributed by atoms with Gasteiger partial charge in [0, 0.05) is 6.42 Å². The summed E-state index contributed by atoms with van der Waals surface area (Å²) in [4.78, 5) is 16.7. The fourth-order valence-corrected chi connectivity index (χ4v) is 2.66. The first-order chi connectivity index (χ1) is 13.6. The number of carbonyl (C=O) groups is 1. The van der Waals surface area contributed by atoms with Crippen LogP contribution in [0.15, 0.2) is 65.8 Å². The molecule has 0 amide bonds. The minimum absolute atomic E-state index is 0. The van der Waals surface area contributed by atoms with Gasteiger partial charge in [-0.05, 0) is 36.8 Å².